The summed E-state index contributed by atoms with van der Waals surface area (Å²) in [6.07, 6.45) is 1.04. The predicted molar refractivity (Wildman–Crippen MR) is 68.8 cm³/mol. The van der Waals surface area contributed by atoms with Crippen molar-refractivity contribution in [3.63, 3.8) is 0 Å². The van der Waals surface area contributed by atoms with Gasteiger partial charge in [-0.3, -0.25) is 10.1 Å². The number of methoxy groups -OCH3 is 1. The quantitative estimate of drug-likeness (QED) is 0.666. The van der Waals surface area contributed by atoms with Gasteiger partial charge in [-0.1, -0.05) is 6.07 Å². The lowest BCUT2D eigenvalue weighted by atomic mass is 10.2. The molecule has 1 N–H and O–H groups in total. The number of thiazole rings is 1. The Balaban J connectivity index is 2.40. The van der Waals surface area contributed by atoms with Crippen LogP contribution in [-0.4, -0.2) is 28.1 Å². The van der Waals surface area contributed by atoms with Crippen molar-refractivity contribution < 1.29 is 24.3 Å². The molecule has 20 heavy (non-hydrogen) atoms. The van der Waals surface area contributed by atoms with E-state index in [4.69, 9.17) is 14.6 Å². The molecule has 0 fully saturated rings. The van der Waals surface area contributed by atoms with Crippen molar-refractivity contribution in [1.29, 1.82) is 0 Å². The zero-order chi connectivity index (χ0) is 14.7. The summed E-state index contributed by atoms with van der Waals surface area (Å²) in [6.45, 7) is 0. The highest BCUT2D eigenvalue weighted by Crippen LogP contribution is 2.37. The number of nitro groups is 1. The van der Waals surface area contributed by atoms with Crippen molar-refractivity contribution in [2.75, 3.05) is 7.11 Å². The Hall–Kier alpha value is -2.68. The molecule has 0 spiro atoms. The number of aromatic nitrogens is 1. The summed E-state index contributed by atoms with van der Waals surface area (Å²) in [6, 6.07) is 4.35. The molecule has 0 saturated carbocycles. The van der Waals surface area contributed by atoms with Gasteiger partial charge in [-0.25, -0.2) is 9.78 Å². The Kier molecular flexibility index (Phi) is 3.80. The highest BCUT2D eigenvalue weighted by atomic mass is 32.1. The van der Waals surface area contributed by atoms with Crippen LogP contribution in [0, 0.1) is 10.1 Å². The van der Waals surface area contributed by atoms with Crippen LogP contribution in [0.15, 0.2) is 24.4 Å². The molecule has 0 aliphatic rings. The van der Waals surface area contributed by atoms with Crippen LogP contribution >= 0.6 is 11.3 Å². The summed E-state index contributed by atoms with van der Waals surface area (Å²) in [5.74, 6) is -1.06. The van der Waals surface area contributed by atoms with Crippen molar-refractivity contribution in [2.45, 2.75) is 0 Å². The van der Waals surface area contributed by atoms with Gasteiger partial charge in [0, 0.05) is 0 Å². The van der Waals surface area contributed by atoms with Gasteiger partial charge in [0.2, 0.25) is 0 Å². The van der Waals surface area contributed by atoms with E-state index in [0.717, 1.165) is 6.20 Å². The van der Waals surface area contributed by atoms with Crippen LogP contribution in [-0.2, 0) is 0 Å². The second-order valence-electron chi connectivity index (χ2n) is 3.47. The number of hydrogen-bond acceptors (Lipinski definition) is 7. The Morgan fingerprint density at radius 1 is 1.50 bits per heavy atom. The van der Waals surface area contributed by atoms with Crippen LogP contribution in [0.2, 0.25) is 0 Å². The Labute approximate surface area is 116 Å². The minimum Gasteiger partial charge on any atom is -0.493 e. The molecule has 0 atom stereocenters. The van der Waals surface area contributed by atoms with Crippen LogP contribution in [0.3, 0.4) is 0 Å². The molecule has 2 aromatic rings. The standard InChI is InChI=1S/C11H8N2O6S/c1-18-7-4-2-3-6(10(14)15)9(7)19-11-12-5-8(20-11)13(16)17/h2-5H,1H3,(H,14,15). The monoisotopic (exact) mass is 296 g/mol. The van der Waals surface area contributed by atoms with E-state index < -0.39 is 10.9 Å². The first kappa shape index (κ1) is 13.7. The van der Waals surface area contributed by atoms with E-state index in [0.29, 0.717) is 11.3 Å². The first-order chi connectivity index (χ1) is 9.52. The number of carboxylic acid groups (broad SMARTS) is 1. The Morgan fingerprint density at radius 3 is 2.80 bits per heavy atom. The fraction of sp³-hybridized carbons (Fsp3) is 0.0909. The minimum atomic E-state index is -1.20. The minimum absolute atomic E-state index is 0.0382. The molecular formula is C11H8N2O6S. The van der Waals surface area contributed by atoms with Crippen LogP contribution in [0.25, 0.3) is 0 Å². The molecule has 0 bridgehead atoms. The number of aromatic carboxylic acids is 1. The lowest BCUT2D eigenvalue weighted by molar-refractivity contribution is -0.380. The summed E-state index contributed by atoms with van der Waals surface area (Å²) in [5, 5.41) is 19.4. The van der Waals surface area contributed by atoms with E-state index in [1.165, 1.54) is 25.3 Å². The Bertz CT molecular complexity index is 669. The van der Waals surface area contributed by atoms with Crippen molar-refractivity contribution in [3.8, 4) is 16.7 Å². The normalized spacial score (nSPS) is 10.1. The van der Waals surface area contributed by atoms with Crippen molar-refractivity contribution in [3.05, 3.63) is 40.1 Å². The van der Waals surface area contributed by atoms with Gasteiger partial charge in [0.25, 0.3) is 5.19 Å². The van der Waals surface area contributed by atoms with Gasteiger partial charge in [-0.15, -0.1) is 0 Å². The molecule has 2 rings (SSSR count). The van der Waals surface area contributed by atoms with Crippen LogP contribution in [0.4, 0.5) is 5.00 Å². The Morgan fingerprint density at radius 2 is 2.25 bits per heavy atom. The van der Waals surface area contributed by atoms with E-state index >= 15 is 0 Å². The number of hydrogen-bond donors (Lipinski definition) is 1. The highest BCUT2D eigenvalue weighted by Gasteiger charge is 2.20. The van der Waals surface area contributed by atoms with Gasteiger partial charge < -0.3 is 14.6 Å². The van der Waals surface area contributed by atoms with E-state index in [1.54, 1.807) is 0 Å². The van der Waals surface area contributed by atoms with Crippen molar-refractivity contribution >= 4 is 22.3 Å². The van der Waals surface area contributed by atoms with Crippen LogP contribution in [0.5, 0.6) is 16.7 Å². The van der Waals surface area contributed by atoms with Gasteiger partial charge in [-0.2, -0.15) is 0 Å². The molecule has 1 aromatic heterocycles. The molecule has 0 saturated heterocycles. The van der Waals surface area contributed by atoms with E-state index in [9.17, 15) is 14.9 Å². The molecule has 0 amide bonds. The molecule has 8 nitrogen and oxygen atoms in total. The first-order valence-electron chi connectivity index (χ1n) is 5.21. The lowest BCUT2D eigenvalue weighted by Gasteiger charge is -2.10. The fourth-order valence-electron chi connectivity index (χ4n) is 1.42. The number of nitrogens with zero attached hydrogens (tertiary/aromatic N) is 2. The summed E-state index contributed by atoms with van der Waals surface area (Å²) in [7, 11) is 1.36. The average molecular weight is 296 g/mol. The van der Waals surface area contributed by atoms with Gasteiger partial charge in [0.05, 0.1) is 12.0 Å². The third kappa shape index (κ3) is 2.67. The molecular weight excluding hydrogens is 288 g/mol. The van der Waals surface area contributed by atoms with Crippen LogP contribution < -0.4 is 9.47 Å². The molecule has 1 aromatic carbocycles. The zero-order valence-electron chi connectivity index (χ0n) is 10.1. The molecule has 104 valence electrons. The third-order valence-corrected chi connectivity index (χ3v) is 3.10. The summed E-state index contributed by atoms with van der Waals surface area (Å²) >= 11 is 0.695. The van der Waals surface area contributed by atoms with E-state index in [1.807, 2.05) is 0 Å². The van der Waals surface area contributed by atoms with Gasteiger partial charge in [-0.05, 0) is 23.5 Å². The molecule has 9 heteroatoms. The number of rotatable bonds is 5. The summed E-state index contributed by atoms with van der Waals surface area (Å²) in [4.78, 5) is 24.8. The molecule has 1 heterocycles. The van der Waals surface area contributed by atoms with Gasteiger partial charge in [0.15, 0.2) is 11.5 Å². The van der Waals surface area contributed by atoms with Crippen LogP contribution in [0.1, 0.15) is 10.4 Å². The van der Waals surface area contributed by atoms with E-state index in [-0.39, 0.29) is 27.3 Å². The molecule has 0 aliphatic carbocycles. The number of carboxylic acids is 1. The molecule has 0 unspecified atom stereocenters. The highest BCUT2D eigenvalue weighted by molar-refractivity contribution is 7.16. The number of ether oxygens (including phenoxy) is 2. The van der Waals surface area contributed by atoms with E-state index in [2.05, 4.69) is 4.98 Å². The zero-order valence-corrected chi connectivity index (χ0v) is 10.9. The number of benzene rings is 1. The van der Waals surface area contributed by atoms with Crippen molar-refractivity contribution in [2.24, 2.45) is 0 Å². The third-order valence-electron chi connectivity index (χ3n) is 2.27. The summed E-state index contributed by atoms with van der Waals surface area (Å²) in [5.41, 5.74) is -0.123. The molecule has 0 aliphatic heterocycles. The molecule has 0 radical (unpaired) electrons. The summed E-state index contributed by atoms with van der Waals surface area (Å²) < 4.78 is 10.3. The van der Waals surface area contributed by atoms with Gasteiger partial charge >= 0.3 is 11.0 Å². The lowest BCUT2D eigenvalue weighted by Crippen LogP contribution is -2.01. The second-order valence-corrected chi connectivity index (χ2v) is 4.44. The van der Waals surface area contributed by atoms with Crippen molar-refractivity contribution in [1.82, 2.24) is 4.98 Å². The first-order valence-corrected chi connectivity index (χ1v) is 6.03. The number of para-hydroxylation sites is 1. The van der Waals surface area contributed by atoms with Gasteiger partial charge in [0.1, 0.15) is 11.8 Å². The average Bonchev–Trinajstić information content (AvgIpc) is 2.87. The topological polar surface area (TPSA) is 112 Å². The SMILES string of the molecule is COc1cccc(C(=O)O)c1Oc1ncc([N+](=O)[O-])s1. The largest absolute Gasteiger partial charge is 0.493 e. The maximum absolute atomic E-state index is 11.1. The maximum Gasteiger partial charge on any atom is 0.347 e. The smallest absolute Gasteiger partial charge is 0.347 e. The maximum atomic E-state index is 11.1. The number of carbonyl (C=O) groups is 1. The second kappa shape index (κ2) is 5.53. The fourth-order valence-corrected chi connectivity index (χ4v) is 2.01. The predicted octanol–water partition coefficient (Wildman–Crippen LogP) is 2.55.